The Morgan fingerprint density at radius 3 is 2.12 bits per heavy atom. The van der Waals surface area contributed by atoms with Crippen LogP contribution in [0.4, 0.5) is 0 Å². The molecule has 0 saturated carbocycles. The summed E-state index contributed by atoms with van der Waals surface area (Å²) in [6.45, 7) is -0.628. The quantitative estimate of drug-likeness (QED) is 0.355. The molecule has 0 rings (SSSR count). The lowest BCUT2D eigenvalue weighted by atomic mass is 10.4. The molecule has 0 spiro atoms. The minimum atomic E-state index is -0.688. The molecule has 0 heterocycles. The summed E-state index contributed by atoms with van der Waals surface area (Å²) in [6.07, 6.45) is 1.22. The molecule has 0 atom stereocenters. The summed E-state index contributed by atoms with van der Waals surface area (Å²) in [5, 5.41) is 16.4. The molecule has 0 aliphatic rings. The van der Waals surface area contributed by atoms with Crippen LogP contribution < -0.4 is 0 Å². The summed E-state index contributed by atoms with van der Waals surface area (Å²) in [4.78, 5) is 12.5. The molecule has 0 amide bonds. The summed E-state index contributed by atoms with van der Waals surface area (Å²) in [6, 6.07) is -0.688. The van der Waals surface area contributed by atoms with Crippen molar-refractivity contribution in [2.24, 2.45) is 4.99 Å². The van der Waals surface area contributed by atoms with Crippen LogP contribution in [0, 0.1) is 0 Å². The first-order valence-electron chi connectivity index (χ1n) is 2.13. The lowest BCUT2D eigenvalue weighted by Crippen LogP contribution is -2.14. The van der Waals surface area contributed by atoms with Crippen LogP contribution in [0.1, 0.15) is 0 Å². The molecule has 0 radical (unpaired) electrons. The minimum Gasteiger partial charge on any atom is -0.394 e. The number of nitrogens with zero attached hydrogens (tertiary/aromatic N) is 1. The smallest absolute Gasteiger partial charge is 0.235 e. The van der Waals surface area contributed by atoms with E-state index in [0.29, 0.717) is 0 Å². The van der Waals surface area contributed by atoms with E-state index in [-0.39, 0.29) is 13.2 Å². The Morgan fingerprint density at radius 2 is 2.00 bits per heavy atom. The summed E-state index contributed by atoms with van der Waals surface area (Å²) >= 11 is 0. The normalized spacial score (nSPS) is 8.88. The van der Waals surface area contributed by atoms with Crippen molar-refractivity contribution in [1.29, 1.82) is 0 Å². The van der Waals surface area contributed by atoms with Gasteiger partial charge in [0.05, 0.1) is 13.2 Å². The maximum Gasteiger partial charge on any atom is 0.235 e. The topological polar surface area (TPSA) is 69.9 Å². The number of rotatable bonds is 3. The summed E-state index contributed by atoms with van der Waals surface area (Å²) < 4.78 is 0. The van der Waals surface area contributed by atoms with E-state index in [1.807, 2.05) is 0 Å². The number of aliphatic hydroxyl groups is 2. The first-order valence-corrected chi connectivity index (χ1v) is 2.13. The monoisotopic (exact) mass is 117 g/mol. The fourth-order valence-corrected chi connectivity index (χ4v) is 0.214. The predicted octanol–water partition coefficient (Wildman–Crippen LogP) is -1.32. The van der Waals surface area contributed by atoms with E-state index in [4.69, 9.17) is 10.2 Å². The summed E-state index contributed by atoms with van der Waals surface area (Å²) in [5.41, 5.74) is 0. The van der Waals surface area contributed by atoms with Crippen molar-refractivity contribution >= 4 is 6.08 Å². The van der Waals surface area contributed by atoms with Crippen molar-refractivity contribution in [2.75, 3.05) is 13.2 Å². The highest BCUT2D eigenvalue weighted by Crippen LogP contribution is 1.82. The molecule has 0 aliphatic carbocycles. The van der Waals surface area contributed by atoms with Crippen LogP contribution in [0.3, 0.4) is 0 Å². The zero-order valence-electron chi connectivity index (χ0n) is 4.24. The molecule has 4 heteroatoms. The van der Waals surface area contributed by atoms with E-state index in [0.717, 1.165) is 0 Å². The molecule has 4 nitrogen and oxygen atoms in total. The highest BCUT2D eigenvalue weighted by molar-refractivity contribution is 5.33. The summed E-state index contributed by atoms with van der Waals surface area (Å²) in [5.74, 6) is 0. The molecule has 0 unspecified atom stereocenters. The Labute approximate surface area is 46.5 Å². The van der Waals surface area contributed by atoms with Gasteiger partial charge in [-0.2, -0.15) is 4.99 Å². The largest absolute Gasteiger partial charge is 0.394 e. The van der Waals surface area contributed by atoms with Crippen molar-refractivity contribution in [3.8, 4) is 0 Å². The van der Waals surface area contributed by atoms with E-state index >= 15 is 0 Å². The van der Waals surface area contributed by atoms with Gasteiger partial charge in [0.25, 0.3) is 0 Å². The Bertz CT molecular complexity index is 93.5. The van der Waals surface area contributed by atoms with E-state index in [9.17, 15) is 4.79 Å². The number of carbonyl (C=O) groups excluding carboxylic acids is 1. The van der Waals surface area contributed by atoms with Gasteiger partial charge in [0.1, 0.15) is 6.04 Å². The Kier molecular flexibility index (Phi) is 4.07. The highest BCUT2D eigenvalue weighted by Gasteiger charge is 1.99. The van der Waals surface area contributed by atoms with Gasteiger partial charge >= 0.3 is 0 Å². The van der Waals surface area contributed by atoms with Crippen molar-refractivity contribution in [1.82, 2.24) is 0 Å². The van der Waals surface area contributed by atoms with Gasteiger partial charge in [-0.05, 0) is 0 Å². The molecular weight excluding hydrogens is 110 g/mol. The van der Waals surface area contributed by atoms with Gasteiger partial charge in [0.2, 0.25) is 6.08 Å². The maximum atomic E-state index is 9.42. The number of aliphatic hydroxyl groups excluding tert-OH is 2. The zero-order chi connectivity index (χ0) is 6.41. The van der Waals surface area contributed by atoms with Gasteiger partial charge in [0.15, 0.2) is 0 Å². The predicted molar refractivity (Wildman–Crippen MR) is 26.1 cm³/mol. The Hall–Kier alpha value is -0.700. The van der Waals surface area contributed by atoms with E-state index in [1.54, 1.807) is 0 Å². The van der Waals surface area contributed by atoms with Crippen LogP contribution in [0.2, 0.25) is 0 Å². The molecule has 46 valence electrons. The molecule has 0 aromatic carbocycles. The van der Waals surface area contributed by atoms with Crippen LogP contribution >= 0.6 is 0 Å². The molecule has 0 aromatic heterocycles. The molecular formula is C4H7NO3. The van der Waals surface area contributed by atoms with Crippen LogP contribution in [-0.4, -0.2) is 35.5 Å². The van der Waals surface area contributed by atoms with Crippen LogP contribution in [0.25, 0.3) is 0 Å². The average Bonchev–Trinajstić information content (AvgIpc) is 1.83. The standard InChI is InChI=1S/C4H7NO3/c6-1-4(2-7)5-3-8/h4,6-7H,1-2H2. The van der Waals surface area contributed by atoms with E-state index < -0.39 is 6.04 Å². The van der Waals surface area contributed by atoms with Gasteiger partial charge < -0.3 is 10.2 Å². The first-order chi connectivity index (χ1) is 3.85. The second-order valence-electron chi connectivity index (χ2n) is 1.24. The minimum absolute atomic E-state index is 0.314. The van der Waals surface area contributed by atoms with Crippen molar-refractivity contribution in [2.45, 2.75) is 6.04 Å². The first kappa shape index (κ1) is 7.30. The van der Waals surface area contributed by atoms with Gasteiger partial charge in [-0.25, -0.2) is 4.79 Å². The maximum absolute atomic E-state index is 9.42. The SMILES string of the molecule is O=C=NC(CO)CO. The van der Waals surface area contributed by atoms with Crippen LogP contribution in [-0.2, 0) is 4.79 Å². The van der Waals surface area contributed by atoms with E-state index in [2.05, 4.69) is 4.99 Å². The second kappa shape index (κ2) is 4.46. The number of hydrogen-bond donors (Lipinski definition) is 2. The second-order valence-corrected chi connectivity index (χ2v) is 1.24. The third-order valence-electron chi connectivity index (χ3n) is 0.657. The van der Waals surface area contributed by atoms with Crippen molar-refractivity contribution < 1.29 is 15.0 Å². The average molecular weight is 117 g/mol. The third kappa shape index (κ3) is 2.47. The number of isocyanates is 1. The van der Waals surface area contributed by atoms with Crippen LogP contribution in [0.15, 0.2) is 4.99 Å². The van der Waals surface area contributed by atoms with E-state index in [1.165, 1.54) is 6.08 Å². The Morgan fingerprint density at radius 1 is 1.50 bits per heavy atom. The van der Waals surface area contributed by atoms with Gasteiger partial charge in [-0.15, -0.1) is 0 Å². The lowest BCUT2D eigenvalue weighted by molar-refractivity contribution is 0.195. The molecule has 0 saturated heterocycles. The molecule has 0 bridgehead atoms. The molecule has 2 N–H and O–H groups in total. The highest BCUT2D eigenvalue weighted by atomic mass is 16.3. The number of aliphatic imine (C=N–C) groups is 1. The molecule has 0 aliphatic heterocycles. The summed E-state index contributed by atoms with van der Waals surface area (Å²) in [7, 11) is 0. The van der Waals surface area contributed by atoms with Gasteiger partial charge in [0, 0.05) is 0 Å². The van der Waals surface area contributed by atoms with Gasteiger partial charge in [-0.1, -0.05) is 0 Å². The van der Waals surface area contributed by atoms with Crippen molar-refractivity contribution in [3.05, 3.63) is 0 Å². The number of hydrogen-bond acceptors (Lipinski definition) is 4. The molecule has 8 heavy (non-hydrogen) atoms. The van der Waals surface area contributed by atoms with Gasteiger partial charge in [-0.3, -0.25) is 0 Å². The molecule has 0 fully saturated rings. The molecule has 0 aromatic rings. The Balaban J connectivity index is 3.52. The fourth-order valence-electron chi connectivity index (χ4n) is 0.214. The van der Waals surface area contributed by atoms with Crippen LogP contribution in [0.5, 0.6) is 0 Å². The third-order valence-corrected chi connectivity index (χ3v) is 0.657. The van der Waals surface area contributed by atoms with Crippen molar-refractivity contribution in [3.63, 3.8) is 0 Å². The zero-order valence-corrected chi connectivity index (χ0v) is 4.24. The fraction of sp³-hybridized carbons (Fsp3) is 0.750. The lowest BCUT2D eigenvalue weighted by Gasteiger charge is -1.97.